The Kier molecular flexibility index (Phi) is 1.55. The lowest BCUT2D eigenvalue weighted by Gasteiger charge is -2.44. The molecule has 0 N–H and O–H groups in total. The van der Waals surface area contributed by atoms with Crippen LogP contribution in [-0.4, -0.2) is 5.78 Å². The maximum absolute atomic E-state index is 11.4. The summed E-state index contributed by atoms with van der Waals surface area (Å²) in [6.45, 7) is 4.56. The maximum Gasteiger partial charge on any atom is 0.136 e. The van der Waals surface area contributed by atoms with Crippen molar-refractivity contribution in [1.82, 2.24) is 0 Å². The van der Waals surface area contributed by atoms with Crippen molar-refractivity contribution < 1.29 is 4.79 Å². The third-order valence-electron chi connectivity index (χ3n) is 3.93. The van der Waals surface area contributed by atoms with Gasteiger partial charge in [-0.05, 0) is 30.6 Å². The minimum Gasteiger partial charge on any atom is -0.299 e. The molecule has 0 unspecified atom stereocenters. The molecule has 0 heterocycles. The topological polar surface area (TPSA) is 17.1 Å². The van der Waals surface area contributed by atoms with E-state index in [0.717, 1.165) is 18.3 Å². The van der Waals surface area contributed by atoms with Gasteiger partial charge in [0.25, 0.3) is 0 Å². The summed E-state index contributed by atoms with van der Waals surface area (Å²) in [7, 11) is 0. The van der Waals surface area contributed by atoms with Crippen molar-refractivity contribution in [2.75, 3.05) is 0 Å². The second-order valence-electron chi connectivity index (χ2n) is 4.33. The van der Waals surface area contributed by atoms with Crippen LogP contribution in [0.1, 0.15) is 33.1 Å². The van der Waals surface area contributed by atoms with E-state index >= 15 is 0 Å². The van der Waals surface area contributed by atoms with Crippen LogP contribution in [0, 0.1) is 23.7 Å². The van der Waals surface area contributed by atoms with E-state index < -0.39 is 0 Å². The lowest BCUT2D eigenvalue weighted by molar-refractivity contribution is -0.135. The van der Waals surface area contributed by atoms with Crippen molar-refractivity contribution in [2.24, 2.45) is 23.7 Å². The fourth-order valence-electron chi connectivity index (χ4n) is 2.87. The van der Waals surface area contributed by atoms with Crippen molar-refractivity contribution in [2.45, 2.75) is 33.1 Å². The van der Waals surface area contributed by atoms with Crippen molar-refractivity contribution in [3.05, 3.63) is 0 Å². The van der Waals surface area contributed by atoms with E-state index in [2.05, 4.69) is 13.8 Å². The van der Waals surface area contributed by atoms with E-state index in [4.69, 9.17) is 0 Å². The molecule has 0 aromatic heterocycles. The van der Waals surface area contributed by atoms with Gasteiger partial charge >= 0.3 is 0 Å². The second-order valence-corrected chi connectivity index (χ2v) is 4.33. The zero-order valence-electron chi connectivity index (χ0n) is 7.34. The lowest BCUT2D eigenvalue weighted by atomic mass is 9.59. The number of carbonyl (C=O) groups excluding carboxylic acids is 1. The Morgan fingerprint density at radius 1 is 1.18 bits per heavy atom. The summed E-state index contributed by atoms with van der Waals surface area (Å²) in [5, 5.41) is 0. The van der Waals surface area contributed by atoms with Gasteiger partial charge in [0.05, 0.1) is 0 Å². The van der Waals surface area contributed by atoms with Crippen LogP contribution in [-0.2, 0) is 4.79 Å². The first-order valence-corrected chi connectivity index (χ1v) is 4.73. The number of Topliss-reactive ketones (excluding diaryl/α,β-unsaturated/α-hetero) is 1. The van der Waals surface area contributed by atoms with Gasteiger partial charge in [-0.1, -0.05) is 13.8 Å². The summed E-state index contributed by atoms with van der Waals surface area (Å²) in [4.78, 5) is 11.4. The van der Waals surface area contributed by atoms with Crippen LogP contribution in [0.3, 0.4) is 0 Å². The Labute approximate surface area is 68.2 Å². The summed E-state index contributed by atoms with van der Waals surface area (Å²) < 4.78 is 0. The molecule has 3 rings (SSSR count). The molecule has 2 bridgehead atoms. The smallest absolute Gasteiger partial charge is 0.136 e. The molecule has 0 radical (unpaired) electrons. The molecule has 3 aliphatic carbocycles. The van der Waals surface area contributed by atoms with Gasteiger partial charge in [-0.15, -0.1) is 0 Å². The molecule has 0 amide bonds. The van der Waals surface area contributed by atoms with Crippen LogP contribution in [0.4, 0.5) is 0 Å². The van der Waals surface area contributed by atoms with Gasteiger partial charge in [0, 0.05) is 12.3 Å². The largest absolute Gasteiger partial charge is 0.299 e. The molecular weight excluding hydrogens is 136 g/mol. The summed E-state index contributed by atoms with van der Waals surface area (Å²) in [6, 6.07) is 0. The molecule has 3 aliphatic rings. The van der Waals surface area contributed by atoms with Crippen LogP contribution in [0.2, 0.25) is 0 Å². The average Bonchev–Trinajstić information content (AvgIpc) is 1.99. The molecule has 0 aliphatic heterocycles. The SMILES string of the molecule is C[C@@H]1[C@H]2CC[C@H](C(=O)C2)[C@@H]1C. The molecule has 0 saturated heterocycles. The highest BCUT2D eigenvalue weighted by molar-refractivity contribution is 5.83. The minimum atomic E-state index is 0.426. The van der Waals surface area contributed by atoms with Gasteiger partial charge in [-0.3, -0.25) is 4.79 Å². The third kappa shape index (κ3) is 0.935. The zero-order valence-corrected chi connectivity index (χ0v) is 7.34. The number of carbonyl (C=O) groups is 1. The summed E-state index contributed by atoms with van der Waals surface area (Å²) in [5.41, 5.74) is 0. The van der Waals surface area contributed by atoms with Crippen molar-refractivity contribution in [3.63, 3.8) is 0 Å². The zero-order chi connectivity index (χ0) is 8.01. The summed E-state index contributed by atoms with van der Waals surface area (Å²) >= 11 is 0. The second kappa shape index (κ2) is 2.33. The maximum atomic E-state index is 11.4. The van der Waals surface area contributed by atoms with E-state index in [1.54, 1.807) is 0 Å². The first-order chi connectivity index (χ1) is 5.20. The highest BCUT2D eigenvalue weighted by atomic mass is 16.1. The minimum absolute atomic E-state index is 0.426. The van der Waals surface area contributed by atoms with E-state index in [0.29, 0.717) is 17.6 Å². The standard InChI is InChI=1S/C10H16O/c1-6-7(2)9-4-3-8(6)5-10(9)11/h6-9H,3-5H2,1-2H3/t6-,7+,8-,9-/m0/s1. The molecule has 1 heteroatoms. The van der Waals surface area contributed by atoms with Crippen LogP contribution < -0.4 is 0 Å². The summed E-state index contributed by atoms with van der Waals surface area (Å²) in [6.07, 6.45) is 3.37. The van der Waals surface area contributed by atoms with Crippen molar-refractivity contribution >= 4 is 5.78 Å². The Bertz CT molecular complexity index is 183. The van der Waals surface area contributed by atoms with Crippen LogP contribution in [0.15, 0.2) is 0 Å². The van der Waals surface area contributed by atoms with Gasteiger partial charge in [0.15, 0.2) is 0 Å². The Balaban J connectivity index is 2.23. The van der Waals surface area contributed by atoms with Crippen LogP contribution in [0.25, 0.3) is 0 Å². The van der Waals surface area contributed by atoms with Gasteiger partial charge in [0.2, 0.25) is 0 Å². The number of ketones is 1. The average molecular weight is 152 g/mol. The van der Waals surface area contributed by atoms with Gasteiger partial charge < -0.3 is 0 Å². The Morgan fingerprint density at radius 3 is 2.36 bits per heavy atom. The fourth-order valence-corrected chi connectivity index (χ4v) is 2.87. The monoisotopic (exact) mass is 152 g/mol. The number of fused-ring (bicyclic) bond motifs is 3. The first kappa shape index (κ1) is 7.33. The Morgan fingerprint density at radius 2 is 1.91 bits per heavy atom. The van der Waals surface area contributed by atoms with Gasteiger partial charge in [-0.2, -0.15) is 0 Å². The predicted molar refractivity (Wildman–Crippen MR) is 44.2 cm³/mol. The van der Waals surface area contributed by atoms with E-state index in [1.807, 2.05) is 0 Å². The molecule has 3 saturated carbocycles. The number of hydrogen-bond donors (Lipinski definition) is 0. The van der Waals surface area contributed by atoms with Crippen molar-refractivity contribution in [1.29, 1.82) is 0 Å². The van der Waals surface area contributed by atoms with E-state index in [9.17, 15) is 4.79 Å². The first-order valence-electron chi connectivity index (χ1n) is 4.73. The highest BCUT2D eigenvalue weighted by Crippen LogP contribution is 2.46. The molecule has 62 valence electrons. The number of rotatable bonds is 0. The third-order valence-corrected chi connectivity index (χ3v) is 3.93. The molecule has 11 heavy (non-hydrogen) atoms. The van der Waals surface area contributed by atoms with E-state index in [-0.39, 0.29) is 0 Å². The molecule has 0 aromatic carbocycles. The Hall–Kier alpha value is -0.330. The molecule has 0 spiro atoms. The lowest BCUT2D eigenvalue weighted by Crippen LogP contribution is -2.42. The van der Waals surface area contributed by atoms with Crippen LogP contribution in [0.5, 0.6) is 0 Å². The van der Waals surface area contributed by atoms with Crippen molar-refractivity contribution in [3.8, 4) is 0 Å². The van der Waals surface area contributed by atoms with Crippen LogP contribution >= 0.6 is 0 Å². The van der Waals surface area contributed by atoms with E-state index in [1.165, 1.54) is 12.8 Å². The normalized spacial score (nSPS) is 49.8. The molecule has 0 aromatic rings. The quantitative estimate of drug-likeness (QED) is 0.520. The highest BCUT2D eigenvalue weighted by Gasteiger charge is 2.43. The summed E-state index contributed by atoms with van der Waals surface area (Å²) in [5.74, 6) is 3.16. The molecule has 3 fully saturated rings. The molecule has 4 atom stereocenters. The fraction of sp³-hybridized carbons (Fsp3) is 0.900. The van der Waals surface area contributed by atoms with Gasteiger partial charge in [-0.25, -0.2) is 0 Å². The molecular formula is C10H16O. The van der Waals surface area contributed by atoms with Gasteiger partial charge in [0.1, 0.15) is 5.78 Å². The molecule has 1 nitrogen and oxygen atoms in total. The predicted octanol–water partition coefficient (Wildman–Crippen LogP) is 2.26. The number of hydrogen-bond acceptors (Lipinski definition) is 1.